The van der Waals surface area contributed by atoms with E-state index in [1.807, 2.05) is 6.92 Å². The molecule has 0 heterocycles. The van der Waals surface area contributed by atoms with Crippen LogP contribution in [0.1, 0.15) is 38.2 Å². The Balaban J connectivity index is 1.99. The van der Waals surface area contributed by atoms with E-state index in [4.69, 9.17) is 5.73 Å². The van der Waals surface area contributed by atoms with Crippen LogP contribution in [0.3, 0.4) is 0 Å². The summed E-state index contributed by atoms with van der Waals surface area (Å²) in [5.41, 5.74) is 6.96. The van der Waals surface area contributed by atoms with Crippen molar-refractivity contribution in [2.75, 3.05) is 6.54 Å². The number of benzene rings is 2. The van der Waals surface area contributed by atoms with E-state index in [0.717, 1.165) is 25.7 Å². The Hall–Kier alpha value is -1.38. The summed E-state index contributed by atoms with van der Waals surface area (Å²) in [6.07, 6.45) is 3.59. The summed E-state index contributed by atoms with van der Waals surface area (Å²) in [5, 5.41) is 12.7. The van der Waals surface area contributed by atoms with Crippen molar-refractivity contribution < 1.29 is 5.11 Å². The molecule has 1 aliphatic rings. The van der Waals surface area contributed by atoms with Gasteiger partial charge in [0.2, 0.25) is 0 Å². The van der Waals surface area contributed by atoms with Gasteiger partial charge in [-0.25, -0.2) is 0 Å². The molecule has 0 amide bonds. The van der Waals surface area contributed by atoms with Gasteiger partial charge in [-0.2, -0.15) is 0 Å². The van der Waals surface area contributed by atoms with Gasteiger partial charge in [0.25, 0.3) is 0 Å². The molecule has 1 saturated carbocycles. The second kappa shape index (κ2) is 4.87. The van der Waals surface area contributed by atoms with Crippen molar-refractivity contribution in [3.8, 4) is 0 Å². The molecule has 2 aromatic carbocycles. The van der Waals surface area contributed by atoms with Gasteiger partial charge >= 0.3 is 0 Å². The van der Waals surface area contributed by atoms with E-state index in [1.165, 1.54) is 16.3 Å². The summed E-state index contributed by atoms with van der Waals surface area (Å²) < 4.78 is 0. The summed E-state index contributed by atoms with van der Waals surface area (Å²) in [5.74, 6) is 0. The highest BCUT2D eigenvalue weighted by atomic mass is 16.3. The SMILES string of the molecule is C[C@]1(O)CC[C@@](CN)(c2ccc3ccccc3c2)CC1. The van der Waals surface area contributed by atoms with Crippen LogP contribution in [0.2, 0.25) is 0 Å². The molecular formula is C18H23NO. The first-order valence-corrected chi connectivity index (χ1v) is 7.47. The predicted octanol–water partition coefficient (Wildman–Crippen LogP) is 3.36. The number of rotatable bonds is 2. The van der Waals surface area contributed by atoms with Crippen molar-refractivity contribution in [1.29, 1.82) is 0 Å². The number of hydrogen-bond donors (Lipinski definition) is 2. The molecule has 1 fully saturated rings. The normalized spacial score (nSPS) is 30.6. The topological polar surface area (TPSA) is 46.2 Å². The van der Waals surface area contributed by atoms with Gasteiger partial charge in [-0.1, -0.05) is 42.5 Å². The van der Waals surface area contributed by atoms with E-state index in [0.29, 0.717) is 6.54 Å². The Morgan fingerprint density at radius 1 is 1.00 bits per heavy atom. The monoisotopic (exact) mass is 269 g/mol. The molecule has 3 rings (SSSR count). The first-order valence-electron chi connectivity index (χ1n) is 7.47. The van der Waals surface area contributed by atoms with Crippen LogP contribution in [-0.2, 0) is 5.41 Å². The Morgan fingerprint density at radius 3 is 2.30 bits per heavy atom. The molecule has 0 bridgehead atoms. The smallest absolute Gasteiger partial charge is 0.0620 e. The van der Waals surface area contributed by atoms with Gasteiger partial charge in [-0.3, -0.25) is 0 Å². The van der Waals surface area contributed by atoms with Crippen LogP contribution < -0.4 is 5.73 Å². The maximum atomic E-state index is 10.2. The highest BCUT2D eigenvalue weighted by Gasteiger charge is 2.39. The first kappa shape index (κ1) is 13.6. The largest absolute Gasteiger partial charge is 0.390 e. The van der Waals surface area contributed by atoms with Crippen molar-refractivity contribution in [3.63, 3.8) is 0 Å². The molecule has 20 heavy (non-hydrogen) atoms. The molecule has 2 heteroatoms. The van der Waals surface area contributed by atoms with E-state index in [1.54, 1.807) is 0 Å². The Morgan fingerprint density at radius 2 is 1.65 bits per heavy atom. The fourth-order valence-electron chi connectivity index (χ4n) is 3.40. The van der Waals surface area contributed by atoms with Crippen LogP contribution in [0.15, 0.2) is 42.5 Å². The summed E-state index contributed by atoms with van der Waals surface area (Å²) in [6.45, 7) is 2.59. The lowest BCUT2D eigenvalue weighted by atomic mass is 9.65. The van der Waals surface area contributed by atoms with Crippen LogP contribution >= 0.6 is 0 Å². The van der Waals surface area contributed by atoms with Crippen LogP contribution in [0, 0.1) is 0 Å². The van der Waals surface area contributed by atoms with E-state index in [9.17, 15) is 5.11 Å². The van der Waals surface area contributed by atoms with E-state index in [-0.39, 0.29) is 5.41 Å². The standard InChI is InChI=1S/C18H23NO/c1-17(20)8-10-18(13-19,11-9-17)16-7-6-14-4-2-3-5-15(14)12-16/h2-7,12,20H,8-11,13,19H2,1H3/t17-,18+. The van der Waals surface area contributed by atoms with Crippen LogP contribution in [-0.4, -0.2) is 17.3 Å². The minimum Gasteiger partial charge on any atom is -0.390 e. The summed E-state index contributed by atoms with van der Waals surface area (Å²) >= 11 is 0. The van der Waals surface area contributed by atoms with Gasteiger partial charge in [0, 0.05) is 12.0 Å². The fraction of sp³-hybridized carbons (Fsp3) is 0.444. The lowest BCUT2D eigenvalue weighted by molar-refractivity contribution is 0.00146. The number of fused-ring (bicyclic) bond motifs is 1. The van der Waals surface area contributed by atoms with Crippen molar-refractivity contribution in [2.24, 2.45) is 5.73 Å². The van der Waals surface area contributed by atoms with Crippen molar-refractivity contribution >= 4 is 10.8 Å². The lowest BCUT2D eigenvalue weighted by Gasteiger charge is -2.42. The lowest BCUT2D eigenvalue weighted by Crippen LogP contribution is -2.43. The Labute approximate surface area is 120 Å². The average molecular weight is 269 g/mol. The van der Waals surface area contributed by atoms with Crippen LogP contribution in [0.25, 0.3) is 10.8 Å². The number of nitrogens with two attached hydrogens (primary N) is 1. The third-order valence-corrected chi connectivity index (χ3v) is 5.04. The third-order valence-electron chi connectivity index (χ3n) is 5.04. The first-order chi connectivity index (χ1) is 9.55. The second-order valence-electron chi connectivity index (χ2n) is 6.54. The van der Waals surface area contributed by atoms with Gasteiger partial charge < -0.3 is 10.8 Å². The van der Waals surface area contributed by atoms with Crippen molar-refractivity contribution in [3.05, 3.63) is 48.0 Å². The van der Waals surface area contributed by atoms with Gasteiger partial charge in [0.15, 0.2) is 0 Å². The van der Waals surface area contributed by atoms with E-state index in [2.05, 4.69) is 42.5 Å². The quantitative estimate of drug-likeness (QED) is 0.878. The molecule has 3 N–H and O–H groups in total. The molecule has 0 saturated heterocycles. The molecule has 0 radical (unpaired) electrons. The molecule has 0 aliphatic heterocycles. The van der Waals surface area contributed by atoms with Gasteiger partial charge in [0.1, 0.15) is 0 Å². The van der Waals surface area contributed by atoms with Gasteiger partial charge in [-0.05, 0) is 48.9 Å². The maximum Gasteiger partial charge on any atom is 0.0620 e. The van der Waals surface area contributed by atoms with Crippen LogP contribution in [0.5, 0.6) is 0 Å². The van der Waals surface area contributed by atoms with Gasteiger partial charge in [0.05, 0.1) is 5.60 Å². The maximum absolute atomic E-state index is 10.2. The molecule has 0 spiro atoms. The fourth-order valence-corrected chi connectivity index (χ4v) is 3.40. The highest BCUT2D eigenvalue weighted by molar-refractivity contribution is 5.83. The molecule has 0 atom stereocenters. The molecular weight excluding hydrogens is 246 g/mol. The molecule has 1 aliphatic carbocycles. The number of aliphatic hydroxyl groups is 1. The molecule has 106 valence electrons. The Bertz CT molecular complexity index is 608. The third kappa shape index (κ3) is 2.34. The molecule has 2 nitrogen and oxygen atoms in total. The zero-order valence-electron chi connectivity index (χ0n) is 12.1. The van der Waals surface area contributed by atoms with Crippen molar-refractivity contribution in [1.82, 2.24) is 0 Å². The minimum atomic E-state index is -0.518. The van der Waals surface area contributed by atoms with E-state index < -0.39 is 5.60 Å². The summed E-state index contributed by atoms with van der Waals surface area (Å²) in [4.78, 5) is 0. The molecule has 0 unspecified atom stereocenters. The minimum absolute atomic E-state index is 0.0340. The highest BCUT2D eigenvalue weighted by Crippen LogP contribution is 2.43. The number of hydrogen-bond acceptors (Lipinski definition) is 2. The van der Waals surface area contributed by atoms with Crippen LogP contribution in [0.4, 0.5) is 0 Å². The van der Waals surface area contributed by atoms with Gasteiger partial charge in [-0.15, -0.1) is 0 Å². The molecule has 2 aromatic rings. The molecule has 0 aromatic heterocycles. The zero-order chi connectivity index (χ0) is 14.2. The average Bonchev–Trinajstić information content (AvgIpc) is 2.47. The van der Waals surface area contributed by atoms with E-state index >= 15 is 0 Å². The predicted molar refractivity (Wildman–Crippen MR) is 83.8 cm³/mol. The summed E-state index contributed by atoms with van der Waals surface area (Å²) in [7, 11) is 0. The second-order valence-corrected chi connectivity index (χ2v) is 6.54. The van der Waals surface area contributed by atoms with Crippen molar-refractivity contribution in [2.45, 2.75) is 43.6 Å². The Kier molecular flexibility index (Phi) is 3.31. The zero-order valence-corrected chi connectivity index (χ0v) is 12.1. The summed E-state index contributed by atoms with van der Waals surface area (Å²) in [6, 6.07) is 15.1.